The molecule has 4 N–H and O–H groups in total. The lowest BCUT2D eigenvalue weighted by atomic mass is 10.2. The van der Waals surface area contributed by atoms with E-state index in [9.17, 15) is 28.8 Å². The first-order valence-electron chi connectivity index (χ1n) is 12.6. The highest BCUT2D eigenvalue weighted by atomic mass is 33.1. The largest absolute Gasteiger partial charge is 0.465 e. The molecule has 0 aliphatic carbocycles. The average molecular weight is 611 g/mol. The second kappa shape index (κ2) is 18.5. The average Bonchev–Trinajstić information content (AvgIpc) is 2.80. The fourth-order valence-electron chi connectivity index (χ4n) is 2.49. The van der Waals surface area contributed by atoms with Gasteiger partial charge in [-0.15, -0.1) is 0 Å². The zero-order chi connectivity index (χ0) is 30.9. The van der Waals surface area contributed by atoms with Crippen LogP contribution in [0, 0.1) is 0 Å². The molecule has 0 fully saturated rings. The Balaban J connectivity index is 5.29. The molecular weight excluding hydrogens is 568 g/mol. The summed E-state index contributed by atoms with van der Waals surface area (Å²) in [5.74, 6) is -2.55. The van der Waals surface area contributed by atoms with Crippen molar-refractivity contribution in [1.29, 1.82) is 0 Å². The first-order valence-corrected chi connectivity index (χ1v) is 15.1. The van der Waals surface area contributed by atoms with Crippen LogP contribution in [0.2, 0.25) is 0 Å². The molecule has 16 heteroatoms. The van der Waals surface area contributed by atoms with Crippen molar-refractivity contribution in [1.82, 2.24) is 21.3 Å². The lowest BCUT2D eigenvalue weighted by Crippen LogP contribution is -2.51. The molecule has 0 aromatic rings. The van der Waals surface area contributed by atoms with E-state index < -0.39 is 59.2 Å². The van der Waals surface area contributed by atoms with Crippen LogP contribution in [-0.2, 0) is 38.1 Å². The highest BCUT2D eigenvalue weighted by Gasteiger charge is 2.27. The van der Waals surface area contributed by atoms with E-state index in [0.717, 1.165) is 21.6 Å². The Hall–Kier alpha value is -2.88. The van der Waals surface area contributed by atoms with Crippen molar-refractivity contribution in [3.8, 4) is 0 Å². The minimum Gasteiger partial charge on any atom is -0.465 e. The Kier molecular flexibility index (Phi) is 17.1. The van der Waals surface area contributed by atoms with Crippen LogP contribution in [0.5, 0.6) is 0 Å². The Bertz CT molecular complexity index is 805. The van der Waals surface area contributed by atoms with Crippen molar-refractivity contribution in [2.45, 2.75) is 78.7 Å². The first kappa shape index (κ1) is 37.1. The normalized spacial score (nSPS) is 12.7. The second-order valence-corrected chi connectivity index (χ2v) is 12.6. The minimum atomic E-state index is -1.10. The van der Waals surface area contributed by atoms with Gasteiger partial charge >= 0.3 is 24.1 Å². The molecule has 0 aromatic carbocycles. The first-order chi connectivity index (χ1) is 18.5. The van der Waals surface area contributed by atoms with Gasteiger partial charge in [-0.1, -0.05) is 21.6 Å². The smallest absolute Gasteiger partial charge is 0.408 e. The minimum absolute atomic E-state index is 0.0160. The van der Waals surface area contributed by atoms with E-state index in [1.165, 1.54) is 0 Å². The summed E-state index contributed by atoms with van der Waals surface area (Å²) in [4.78, 5) is 73.1. The maximum absolute atomic E-state index is 12.7. The molecule has 0 saturated heterocycles. The summed E-state index contributed by atoms with van der Waals surface area (Å²) in [6, 6.07) is -2.20. The number of carbonyl (C=O) groups is 6. The van der Waals surface area contributed by atoms with Crippen LogP contribution in [0.4, 0.5) is 9.59 Å². The molecule has 0 aromatic heterocycles. The zero-order valence-electron chi connectivity index (χ0n) is 24.3. The lowest BCUT2D eigenvalue weighted by Gasteiger charge is -2.24. The maximum atomic E-state index is 12.7. The number of esters is 2. The third-order valence-electron chi connectivity index (χ3n) is 3.99. The number of alkyl carbamates (subject to hydrolysis) is 2. The predicted octanol–water partition coefficient (Wildman–Crippen LogP) is 1.51. The molecule has 14 nitrogen and oxygen atoms in total. The summed E-state index contributed by atoms with van der Waals surface area (Å²) in [6.07, 6.45) is -1.67. The standard InChI is InChI=1S/C24H42N4O10S2/c1-9-35-17(29)11-25-19(31)15(27-21(33)37-23(3,4)5)13-39-40-14-16(28-22(34)38-24(6,7)8)20(32)26-12-18(30)36-10-2/h15-16H,9-14H2,1-8H3,(H,25,31)(H,26,32)(H,27,33)(H,28,34)/t15-,16-/m0/s1. The van der Waals surface area contributed by atoms with Gasteiger partial charge < -0.3 is 40.2 Å². The molecule has 0 aliphatic rings. The fraction of sp³-hybridized carbons (Fsp3) is 0.750. The van der Waals surface area contributed by atoms with E-state index >= 15 is 0 Å². The summed E-state index contributed by atoms with van der Waals surface area (Å²) in [5.41, 5.74) is -1.62. The predicted molar refractivity (Wildman–Crippen MR) is 151 cm³/mol. The third-order valence-corrected chi connectivity index (χ3v) is 6.41. The van der Waals surface area contributed by atoms with Crippen molar-refractivity contribution in [3.63, 3.8) is 0 Å². The van der Waals surface area contributed by atoms with Gasteiger partial charge in [0.25, 0.3) is 0 Å². The topological polar surface area (TPSA) is 187 Å². The van der Waals surface area contributed by atoms with Crippen molar-refractivity contribution in [2.24, 2.45) is 0 Å². The van der Waals surface area contributed by atoms with Gasteiger partial charge in [0.1, 0.15) is 36.4 Å². The molecule has 0 radical (unpaired) electrons. The van der Waals surface area contributed by atoms with Crippen LogP contribution in [0.15, 0.2) is 0 Å². The molecule has 4 amide bonds. The summed E-state index contributed by atoms with van der Waals surface area (Å²) in [5, 5.41) is 9.73. The van der Waals surface area contributed by atoms with Gasteiger partial charge in [-0.05, 0) is 55.4 Å². The molecule has 0 spiro atoms. The van der Waals surface area contributed by atoms with Crippen LogP contribution in [0.25, 0.3) is 0 Å². The molecule has 0 saturated carbocycles. The monoisotopic (exact) mass is 610 g/mol. The molecule has 0 rings (SSSR count). The maximum Gasteiger partial charge on any atom is 0.408 e. The van der Waals surface area contributed by atoms with Crippen LogP contribution in [0.1, 0.15) is 55.4 Å². The van der Waals surface area contributed by atoms with E-state index in [1.807, 2.05) is 0 Å². The molecule has 0 heterocycles. The molecule has 0 aliphatic heterocycles. The summed E-state index contributed by atoms with van der Waals surface area (Å²) in [6.45, 7) is 12.8. The van der Waals surface area contributed by atoms with Crippen LogP contribution < -0.4 is 21.3 Å². The Morgan fingerprint density at radius 2 is 0.950 bits per heavy atom. The third kappa shape index (κ3) is 19.2. The van der Waals surface area contributed by atoms with Crippen LogP contribution >= 0.6 is 21.6 Å². The molecule has 2 atom stereocenters. The number of hydrogen-bond acceptors (Lipinski definition) is 12. The zero-order valence-corrected chi connectivity index (χ0v) is 25.9. The second-order valence-electron chi connectivity index (χ2n) is 10.0. The van der Waals surface area contributed by atoms with Crippen molar-refractivity contribution in [3.05, 3.63) is 0 Å². The molecule has 0 unspecified atom stereocenters. The number of amides is 4. The molecular formula is C24H42N4O10S2. The SMILES string of the molecule is CCOC(=O)CNC(=O)[C@H](CSSC[C@H](NC(=O)OC(C)(C)C)C(=O)NCC(=O)OCC)NC(=O)OC(C)(C)C. The lowest BCUT2D eigenvalue weighted by molar-refractivity contribution is -0.144. The highest BCUT2D eigenvalue weighted by Crippen LogP contribution is 2.23. The van der Waals surface area contributed by atoms with E-state index in [0.29, 0.717) is 0 Å². The van der Waals surface area contributed by atoms with Crippen molar-refractivity contribution >= 4 is 57.5 Å². The number of nitrogens with one attached hydrogen (secondary N) is 4. The van der Waals surface area contributed by atoms with E-state index in [2.05, 4.69) is 21.3 Å². The van der Waals surface area contributed by atoms with Crippen LogP contribution in [-0.4, -0.2) is 97.0 Å². The van der Waals surface area contributed by atoms with E-state index in [1.54, 1.807) is 55.4 Å². The van der Waals surface area contributed by atoms with Crippen LogP contribution in [0.3, 0.4) is 0 Å². The number of carbonyl (C=O) groups excluding carboxylic acids is 6. The number of rotatable bonds is 15. The van der Waals surface area contributed by atoms with Gasteiger partial charge in [0.2, 0.25) is 11.8 Å². The van der Waals surface area contributed by atoms with E-state index in [4.69, 9.17) is 18.9 Å². The van der Waals surface area contributed by atoms with Gasteiger partial charge in [0, 0.05) is 11.5 Å². The highest BCUT2D eigenvalue weighted by molar-refractivity contribution is 8.76. The van der Waals surface area contributed by atoms with Gasteiger partial charge in [0.15, 0.2) is 0 Å². The van der Waals surface area contributed by atoms with Gasteiger partial charge in [0.05, 0.1) is 13.2 Å². The Morgan fingerprint density at radius 3 is 1.23 bits per heavy atom. The molecule has 0 bridgehead atoms. The quantitative estimate of drug-likeness (QED) is 0.0907. The Labute approximate surface area is 242 Å². The summed E-state index contributed by atoms with van der Waals surface area (Å²) >= 11 is 0. The fourth-order valence-corrected chi connectivity index (χ4v) is 4.81. The van der Waals surface area contributed by atoms with Gasteiger partial charge in [-0.2, -0.15) is 0 Å². The Morgan fingerprint density at radius 1 is 0.625 bits per heavy atom. The summed E-state index contributed by atoms with van der Waals surface area (Å²) in [7, 11) is 2.24. The number of ether oxygens (including phenoxy) is 4. The van der Waals surface area contributed by atoms with E-state index in [-0.39, 0.29) is 37.8 Å². The van der Waals surface area contributed by atoms with Crippen molar-refractivity contribution in [2.75, 3.05) is 37.8 Å². The number of hydrogen-bond donors (Lipinski definition) is 4. The van der Waals surface area contributed by atoms with Gasteiger partial charge in [-0.3, -0.25) is 19.2 Å². The van der Waals surface area contributed by atoms with Gasteiger partial charge in [-0.25, -0.2) is 9.59 Å². The van der Waals surface area contributed by atoms with Crippen molar-refractivity contribution < 1.29 is 47.7 Å². The summed E-state index contributed by atoms with van der Waals surface area (Å²) < 4.78 is 20.0. The molecule has 230 valence electrons. The molecule has 40 heavy (non-hydrogen) atoms.